The van der Waals surface area contributed by atoms with Crippen LogP contribution in [0.1, 0.15) is 32.1 Å². The van der Waals surface area contributed by atoms with Crippen LogP contribution in [0, 0.1) is 0 Å². The van der Waals surface area contributed by atoms with Crippen molar-refractivity contribution in [3.05, 3.63) is 0 Å². The summed E-state index contributed by atoms with van der Waals surface area (Å²) in [5, 5.41) is 1.61. The SMILES string of the molecule is C1COC23CCC(SC1)C(C2)SCCCO3. The highest BCUT2D eigenvalue weighted by Gasteiger charge is 2.44. The molecule has 92 valence electrons. The maximum atomic E-state index is 6.10. The summed E-state index contributed by atoms with van der Waals surface area (Å²) in [6, 6.07) is 0. The van der Waals surface area contributed by atoms with Crippen molar-refractivity contribution in [2.24, 2.45) is 0 Å². The van der Waals surface area contributed by atoms with Crippen molar-refractivity contribution >= 4 is 23.5 Å². The van der Waals surface area contributed by atoms with E-state index in [9.17, 15) is 0 Å². The fourth-order valence-corrected chi connectivity index (χ4v) is 5.82. The van der Waals surface area contributed by atoms with E-state index in [1.807, 2.05) is 0 Å². The second-order valence-electron chi connectivity index (χ2n) is 4.88. The Balaban J connectivity index is 1.82. The van der Waals surface area contributed by atoms with Crippen LogP contribution in [0.4, 0.5) is 0 Å². The third kappa shape index (κ3) is 2.40. The zero-order valence-corrected chi connectivity index (χ0v) is 11.3. The van der Waals surface area contributed by atoms with Crippen LogP contribution in [0.2, 0.25) is 0 Å². The van der Waals surface area contributed by atoms with Gasteiger partial charge in [-0.15, -0.1) is 0 Å². The maximum absolute atomic E-state index is 6.10. The van der Waals surface area contributed by atoms with Gasteiger partial charge in [0, 0.05) is 23.3 Å². The van der Waals surface area contributed by atoms with Gasteiger partial charge in [-0.25, -0.2) is 0 Å². The molecule has 3 heterocycles. The van der Waals surface area contributed by atoms with Crippen molar-refractivity contribution in [3.8, 4) is 0 Å². The van der Waals surface area contributed by atoms with Gasteiger partial charge in [0.15, 0.2) is 5.79 Å². The number of rotatable bonds is 0. The third-order valence-corrected chi connectivity index (χ3v) is 6.84. The van der Waals surface area contributed by atoms with Gasteiger partial charge in [0.05, 0.1) is 13.2 Å². The Bertz CT molecular complexity index is 245. The first-order chi connectivity index (χ1) is 7.88. The van der Waals surface area contributed by atoms with Crippen LogP contribution in [-0.4, -0.2) is 41.0 Å². The van der Waals surface area contributed by atoms with E-state index in [0.717, 1.165) is 36.6 Å². The van der Waals surface area contributed by atoms with Crippen molar-refractivity contribution in [2.75, 3.05) is 24.7 Å². The minimum Gasteiger partial charge on any atom is -0.350 e. The predicted molar refractivity (Wildman–Crippen MR) is 70.2 cm³/mol. The van der Waals surface area contributed by atoms with Gasteiger partial charge in [-0.1, -0.05) is 0 Å². The molecule has 0 radical (unpaired) electrons. The second-order valence-corrected chi connectivity index (χ2v) is 7.57. The molecule has 3 bridgehead atoms. The number of thioether (sulfide) groups is 2. The van der Waals surface area contributed by atoms with Gasteiger partial charge in [-0.2, -0.15) is 23.5 Å². The van der Waals surface area contributed by atoms with E-state index in [0.29, 0.717) is 0 Å². The van der Waals surface area contributed by atoms with Gasteiger partial charge < -0.3 is 9.47 Å². The lowest BCUT2D eigenvalue weighted by Crippen LogP contribution is -2.47. The van der Waals surface area contributed by atoms with Gasteiger partial charge in [0.1, 0.15) is 0 Å². The van der Waals surface area contributed by atoms with Gasteiger partial charge in [0.25, 0.3) is 0 Å². The minimum atomic E-state index is -0.209. The highest BCUT2D eigenvalue weighted by atomic mass is 32.2. The van der Waals surface area contributed by atoms with Crippen LogP contribution in [0.25, 0.3) is 0 Å². The predicted octanol–water partition coefficient (Wildman–Crippen LogP) is 2.91. The molecule has 3 atom stereocenters. The summed E-state index contributed by atoms with van der Waals surface area (Å²) in [6.07, 6.45) is 5.88. The molecule has 3 aliphatic heterocycles. The molecular formula is C12H20O2S2. The molecule has 4 rings (SSSR count). The lowest BCUT2D eigenvalue weighted by atomic mass is 9.92. The van der Waals surface area contributed by atoms with E-state index in [1.54, 1.807) is 0 Å². The van der Waals surface area contributed by atoms with Crippen LogP contribution in [-0.2, 0) is 9.47 Å². The van der Waals surface area contributed by atoms with Crippen molar-refractivity contribution in [1.82, 2.24) is 0 Å². The lowest BCUT2D eigenvalue weighted by molar-refractivity contribution is -0.250. The zero-order chi connectivity index (χ0) is 10.8. The molecule has 3 unspecified atom stereocenters. The molecule has 2 nitrogen and oxygen atoms in total. The van der Waals surface area contributed by atoms with Gasteiger partial charge >= 0.3 is 0 Å². The molecule has 0 N–H and O–H groups in total. The molecule has 0 amide bonds. The summed E-state index contributed by atoms with van der Waals surface area (Å²) in [6.45, 7) is 1.77. The van der Waals surface area contributed by atoms with Crippen molar-refractivity contribution < 1.29 is 9.47 Å². The summed E-state index contributed by atoms with van der Waals surface area (Å²) in [5.41, 5.74) is 0. The fourth-order valence-electron chi connectivity index (χ4n) is 2.85. The van der Waals surface area contributed by atoms with E-state index < -0.39 is 0 Å². The number of hydrogen-bond donors (Lipinski definition) is 0. The topological polar surface area (TPSA) is 18.5 Å². The molecule has 4 aliphatic rings. The monoisotopic (exact) mass is 260 g/mol. The number of fused-ring (bicyclic) bond motifs is 5. The molecule has 1 spiro atoms. The summed E-state index contributed by atoms with van der Waals surface area (Å²) in [5.74, 6) is 2.31. The Labute approximate surface area is 106 Å². The van der Waals surface area contributed by atoms with Crippen molar-refractivity contribution in [3.63, 3.8) is 0 Å². The standard InChI is InChI=1S/C12H20O2S2/c1-5-13-12-4-3-10(15-7-1)11(9-12)16-8-2-6-14-12/h10-11H,1-9H2. The zero-order valence-electron chi connectivity index (χ0n) is 9.65. The Morgan fingerprint density at radius 1 is 0.938 bits per heavy atom. The average molecular weight is 260 g/mol. The summed E-state index contributed by atoms with van der Waals surface area (Å²) in [7, 11) is 0. The first kappa shape index (κ1) is 11.7. The van der Waals surface area contributed by atoms with Crippen LogP contribution >= 0.6 is 23.5 Å². The largest absolute Gasteiger partial charge is 0.350 e. The van der Waals surface area contributed by atoms with Gasteiger partial charge in [-0.05, 0) is 30.8 Å². The minimum absolute atomic E-state index is 0.209. The molecule has 1 aliphatic carbocycles. The normalized spacial score (nSPS) is 45.0. The molecule has 4 heteroatoms. The Morgan fingerprint density at radius 2 is 1.62 bits per heavy atom. The van der Waals surface area contributed by atoms with Crippen LogP contribution in [0.15, 0.2) is 0 Å². The molecule has 0 aromatic heterocycles. The van der Waals surface area contributed by atoms with Crippen LogP contribution in [0.3, 0.4) is 0 Å². The average Bonchev–Trinajstić information content (AvgIpc) is 2.42. The Morgan fingerprint density at radius 3 is 2.38 bits per heavy atom. The first-order valence-corrected chi connectivity index (χ1v) is 8.49. The quantitative estimate of drug-likeness (QED) is 0.666. The molecule has 16 heavy (non-hydrogen) atoms. The summed E-state index contributed by atoms with van der Waals surface area (Å²) >= 11 is 4.33. The van der Waals surface area contributed by atoms with E-state index in [4.69, 9.17) is 9.47 Å². The lowest BCUT2D eigenvalue weighted by Gasteiger charge is -2.44. The third-order valence-electron chi connectivity index (χ3n) is 3.71. The van der Waals surface area contributed by atoms with Crippen LogP contribution < -0.4 is 0 Å². The van der Waals surface area contributed by atoms with E-state index in [1.165, 1.54) is 30.8 Å². The molecule has 4 fully saturated rings. The molecule has 1 saturated carbocycles. The Kier molecular flexibility index (Phi) is 3.72. The first-order valence-electron chi connectivity index (χ1n) is 6.39. The number of hydrogen-bond acceptors (Lipinski definition) is 4. The summed E-state index contributed by atoms with van der Waals surface area (Å²) in [4.78, 5) is 0. The van der Waals surface area contributed by atoms with E-state index in [2.05, 4.69) is 23.5 Å². The molecule has 0 aromatic carbocycles. The molecule has 3 saturated heterocycles. The smallest absolute Gasteiger partial charge is 0.169 e. The molecule has 0 aromatic rings. The Hall–Kier alpha value is 0.620. The number of ether oxygens (including phenoxy) is 2. The van der Waals surface area contributed by atoms with Crippen molar-refractivity contribution in [1.29, 1.82) is 0 Å². The van der Waals surface area contributed by atoms with Crippen LogP contribution in [0.5, 0.6) is 0 Å². The fraction of sp³-hybridized carbons (Fsp3) is 1.00. The van der Waals surface area contributed by atoms with Gasteiger partial charge in [0.2, 0.25) is 0 Å². The molecular weight excluding hydrogens is 240 g/mol. The highest BCUT2D eigenvalue weighted by Crippen LogP contribution is 2.45. The summed E-state index contributed by atoms with van der Waals surface area (Å²) < 4.78 is 12.2. The van der Waals surface area contributed by atoms with E-state index >= 15 is 0 Å². The van der Waals surface area contributed by atoms with Gasteiger partial charge in [-0.3, -0.25) is 0 Å². The van der Waals surface area contributed by atoms with Crippen molar-refractivity contribution in [2.45, 2.75) is 48.4 Å². The second kappa shape index (κ2) is 5.09. The van der Waals surface area contributed by atoms with E-state index in [-0.39, 0.29) is 5.79 Å². The highest BCUT2D eigenvalue weighted by molar-refractivity contribution is 8.03. The maximum Gasteiger partial charge on any atom is 0.169 e.